The molecule has 3 rings (SSSR count). The van der Waals surface area contributed by atoms with Gasteiger partial charge >= 0.3 is 6.03 Å². The fourth-order valence-electron chi connectivity index (χ4n) is 2.83. The average Bonchev–Trinajstić information content (AvgIpc) is 3.16. The first-order valence-electron chi connectivity index (χ1n) is 8.70. The van der Waals surface area contributed by atoms with Crippen LogP contribution in [0.25, 0.3) is 5.57 Å². The third kappa shape index (κ3) is 4.28. The zero-order valence-electron chi connectivity index (χ0n) is 15.0. The molecule has 0 fully saturated rings. The second-order valence-electron chi connectivity index (χ2n) is 6.67. The number of amides is 2. The maximum Gasteiger partial charge on any atom is 0.317 e. The van der Waals surface area contributed by atoms with Crippen LogP contribution in [0.5, 0.6) is 0 Å². The lowest BCUT2D eigenvalue weighted by Crippen LogP contribution is -2.40. The third-order valence-electron chi connectivity index (χ3n) is 4.49. The van der Waals surface area contributed by atoms with Crippen LogP contribution in [0.1, 0.15) is 49.6 Å². The van der Waals surface area contributed by atoms with Gasteiger partial charge in [0.05, 0.1) is 6.20 Å². The van der Waals surface area contributed by atoms with Crippen LogP contribution in [0.2, 0.25) is 0 Å². The molecule has 0 unspecified atom stereocenters. The quantitative estimate of drug-likeness (QED) is 0.907. The maximum absolute atomic E-state index is 12.5. The predicted octanol–water partition coefficient (Wildman–Crippen LogP) is 3.62. The number of aryl methyl sites for hydroxylation is 1. The molecule has 7 heteroatoms. The van der Waals surface area contributed by atoms with Crippen LogP contribution in [0.15, 0.2) is 23.0 Å². The van der Waals surface area contributed by atoms with Gasteiger partial charge in [-0.05, 0) is 61.1 Å². The van der Waals surface area contributed by atoms with Crippen molar-refractivity contribution in [1.29, 1.82) is 0 Å². The lowest BCUT2D eigenvalue weighted by Gasteiger charge is -2.21. The lowest BCUT2D eigenvalue weighted by atomic mass is 10.1. The molecule has 3 heterocycles. The summed E-state index contributed by atoms with van der Waals surface area (Å²) in [6, 6.07) is 0.307. The van der Waals surface area contributed by atoms with E-state index in [-0.39, 0.29) is 6.03 Å². The molecule has 0 atom stereocenters. The molecule has 25 heavy (non-hydrogen) atoms. The van der Waals surface area contributed by atoms with Crippen LogP contribution in [0, 0.1) is 6.92 Å². The Morgan fingerprint density at radius 3 is 2.88 bits per heavy atom. The van der Waals surface area contributed by atoms with Gasteiger partial charge in [0.1, 0.15) is 5.69 Å². The van der Waals surface area contributed by atoms with E-state index in [1.165, 1.54) is 16.7 Å². The van der Waals surface area contributed by atoms with Crippen LogP contribution in [0.4, 0.5) is 4.79 Å². The predicted molar refractivity (Wildman–Crippen MR) is 100 cm³/mol. The van der Waals surface area contributed by atoms with Gasteiger partial charge in [-0.3, -0.25) is 0 Å². The Kier molecular flexibility index (Phi) is 5.53. The maximum atomic E-state index is 12.5. The first-order chi connectivity index (χ1) is 12.0. The minimum Gasteiger partial charge on any atom is -0.334 e. The van der Waals surface area contributed by atoms with Crippen molar-refractivity contribution in [3.8, 4) is 0 Å². The average molecular weight is 359 g/mol. The van der Waals surface area contributed by atoms with Gasteiger partial charge in [0.15, 0.2) is 0 Å². The summed E-state index contributed by atoms with van der Waals surface area (Å²) >= 11 is 1.67. The monoisotopic (exact) mass is 359 g/mol. The molecule has 6 nitrogen and oxygen atoms in total. The van der Waals surface area contributed by atoms with Gasteiger partial charge in [0, 0.05) is 25.7 Å². The molecule has 134 valence electrons. The molecular formula is C18H25N5OS. The van der Waals surface area contributed by atoms with Crippen molar-refractivity contribution in [2.45, 2.75) is 46.2 Å². The Morgan fingerprint density at radius 1 is 1.36 bits per heavy atom. The van der Waals surface area contributed by atoms with Gasteiger partial charge in [-0.1, -0.05) is 11.3 Å². The Labute approximate surface area is 152 Å². The van der Waals surface area contributed by atoms with E-state index in [9.17, 15) is 4.79 Å². The summed E-state index contributed by atoms with van der Waals surface area (Å²) in [5, 5.41) is 15.7. The molecule has 0 aliphatic carbocycles. The van der Waals surface area contributed by atoms with E-state index in [0.29, 0.717) is 19.1 Å². The van der Waals surface area contributed by atoms with Gasteiger partial charge in [0.25, 0.3) is 0 Å². The molecule has 0 aromatic carbocycles. The highest BCUT2D eigenvalue weighted by Crippen LogP contribution is 2.21. The van der Waals surface area contributed by atoms with Gasteiger partial charge in [-0.2, -0.15) is 11.3 Å². The van der Waals surface area contributed by atoms with Gasteiger partial charge in [0.2, 0.25) is 0 Å². The minimum atomic E-state index is 0.00563. The van der Waals surface area contributed by atoms with Gasteiger partial charge in [-0.25, -0.2) is 9.48 Å². The molecule has 1 aliphatic heterocycles. The summed E-state index contributed by atoms with van der Waals surface area (Å²) < 4.78 is 1.87. The summed E-state index contributed by atoms with van der Waals surface area (Å²) in [5.74, 6) is 0. The number of carbonyl (C=O) groups is 1. The number of urea groups is 1. The number of aromatic nitrogens is 3. The molecule has 2 aromatic heterocycles. The molecule has 0 spiro atoms. The van der Waals surface area contributed by atoms with Crippen molar-refractivity contribution < 1.29 is 4.79 Å². The molecule has 1 aliphatic rings. The van der Waals surface area contributed by atoms with Crippen molar-refractivity contribution in [2.75, 3.05) is 13.1 Å². The van der Waals surface area contributed by atoms with Crippen LogP contribution < -0.4 is 5.32 Å². The summed E-state index contributed by atoms with van der Waals surface area (Å²) in [6.07, 6.45) is 5.83. The van der Waals surface area contributed by atoms with E-state index in [4.69, 9.17) is 0 Å². The number of hydrogen-bond donors (Lipinski definition) is 1. The Morgan fingerprint density at radius 2 is 2.20 bits per heavy atom. The second-order valence-corrected chi connectivity index (χ2v) is 7.41. The Bertz CT molecular complexity index is 761. The Balaban J connectivity index is 1.55. The fraction of sp³-hybridized carbons (Fsp3) is 0.500. The summed E-state index contributed by atoms with van der Waals surface area (Å²) in [5.41, 5.74) is 4.52. The van der Waals surface area contributed by atoms with Crippen LogP contribution in [0.3, 0.4) is 0 Å². The van der Waals surface area contributed by atoms with Crippen molar-refractivity contribution in [2.24, 2.45) is 0 Å². The largest absolute Gasteiger partial charge is 0.334 e. The van der Waals surface area contributed by atoms with Crippen LogP contribution in [-0.4, -0.2) is 39.0 Å². The number of carbonyl (C=O) groups excluding carboxylic acids is 1. The van der Waals surface area contributed by atoms with E-state index in [0.717, 1.165) is 25.1 Å². The minimum absolute atomic E-state index is 0.00563. The fourth-order valence-corrected chi connectivity index (χ4v) is 3.68. The highest BCUT2D eigenvalue weighted by Gasteiger charge is 2.18. The summed E-state index contributed by atoms with van der Waals surface area (Å²) in [6.45, 7) is 8.27. The first kappa shape index (κ1) is 17.7. The number of hydrogen-bond acceptors (Lipinski definition) is 4. The number of nitrogens with zero attached hydrogens (tertiary/aromatic N) is 4. The van der Waals surface area contributed by atoms with Gasteiger partial charge < -0.3 is 10.2 Å². The highest BCUT2D eigenvalue weighted by atomic mass is 32.1. The lowest BCUT2D eigenvalue weighted by molar-refractivity contribution is 0.200. The molecule has 2 amide bonds. The van der Waals surface area contributed by atoms with Crippen molar-refractivity contribution in [1.82, 2.24) is 25.2 Å². The smallest absolute Gasteiger partial charge is 0.317 e. The summed E-state index contributed by atoms with van der Waals surface area (Å²) in [7, 11) is 0. The molecule has 0 saturated heterocycles. The molecule has 1 N–H and O–H groups in total. The van der Waals surface area contributed by atoms with Crippen molar-refractivity contribution >= 4 is 22.9 Å². The molecule has 2 aromatic rings. The number of nitrogens with one attached hydrogen (secondary N) is 1. The molecule has 0 radical (unpaired) electrons. The van der Waals surface area contributed by atoms with Crippen LogP contribution >= 0.6 is 11.3 Å². The highest BCUT2D eigenvalue weighted by molar-refractivity contribution is 7.08. The third-order valence-corrected chi connectivity index (χ3v) is 5.40. The topological polar surface area (TPSA) is 63.1 Å². The second kappa shape index (κ2) is 7.82. The zero-order valence-corrected chi connectivity index (χ0v) is 15.8. The van der Waals surface area contributed by atoms with E-state index in [1.54, 1.807) is 11.3 Å². The van der Waals surface area contributed by atoms with Crippen molar-refractivity contribution in [3.63, 3.8) is 0 Å². The Hall–Kier alpha value is -2.15. The summed E-state index contributed by atoms with van der Waals surface area (Å²) in [4.78, 5) is 14.3. The van der Waals surface area contributed by atoms with E-state index in [1.807, 2.05) is 15.8 Å². The molecular weight excluding hydrogens is 334 g/mol. The zero-order chi connectivity index (χ0) is 17.8. The van der Waals surface area contributed by atoms with Gasteiger partial charge in [-0.15, -0.1) is 5.10 Å². The van der Waals surface area contributed by atoms with E-state index in [2.05, 4.69) is 53.2 Å². The van der Waals surface area contributed by atoms with E-state index >= 15 is 0 Å². The van der Waals surface area contributed by atoms with Crippen molar-refractivity contribution in [3.05, 3.63) is 39.9 Å². The first-order valence-corrected chi connectivity index (χ1v) is 9.64. The molecule has 0 bridgehead atoms. The van der Waals surface area contributed by atoms with E-state index < -0.39 is 0 Å². The van der Waals surface area contributed by atoms with Crippen LogP contribution in [-0.2, 0) is 6.54 Å². The number of rotatable bonds is 4. The molecule has 0 saturated carbocycles. The number of thiophene rings is 1. The normalized spacial score (nSPS) is 15.2. The SMILES string of the molecule is Cc1cscc1CNC(=O)N1CCC=C(c2cn(C(C)C)nn2)CC1. The standard InChI is InChI=1S/C18H25N5OS/c1-13(2)23-10-17(20-21-23)15-5-4-7-22(8-6-15)18(24)19-9-16-12-25-11-14(16)3/h5,10-13H,4,6-9H2,1-3H3,(H,19,24).